The molecule has 1 aromatic carbocycles. The molecule has 0 aromatic heterocycles. The third kappa shape index (κ3) is 3.34. The van der Waals surface area contributed by atoms with E-state index in [1.807, 2.05) is 0 Å². The molecule has 1 aliphatic heterocycles. The second-order valence-electron chi connectivity index (χ2n) is 6.32. The molecule has 0 spiro atoms. The molecular formula is C17H22N4O3. The maximum Gasteiger partial charge on any atom is 0.321 e. The molecular weight excluding hydrogens is 308 g/mol. The number of anilines is 2. The molecule has 128 valence electrons. The van der Waals surface area contributed by atoms with Crippen molar-refractivity contribution in [2.24, 2.45) is 17.6 Å². The minimum Gasteiger partial charge on any atom is -0.369 e. The van der Waals surface area contributed by atoms with Crippen LogP contribution in [0.5, 0.6) is 0 Å². The molecule has 7 nitrogen and oxygen atoms in total. The number of hydrogen-bond acceptors (Lipinski definition) is 3. The number of nitrogens with one attached hydrogen (secondary N) is 2. The fourth-order valence-corrected chi connectivity index (χ4v) is 3.45. The number of amides is 4. The van der Waals surface area contributed by atoms with E-state index in [1.165, 1.54) is 0 Å². The van der Waals surface area contributed by atoms with Crippen LogP contribution in [0.4, 0.5) is 16.2 Å². The summed E-state index contributed by atoms with van der Waals surface area (Å²) in [4.78, 5) is 37.3. The van der Waals surface area contributed by atoms with Crippen molar-refractivity contribution in [3.8, 4) is 0 Å². The summed E-state index contributed by atoms with van der Waals surface area (Å²) in [5.41, 5.74) is 6.81. The molecule has 2 unspecified atom stereocenters. The number of nitrogens with two attached hydrogens (primary N) is 1. The number of hydrogen-bond donors (Lipinski definition) is 3. The summed E-state index contributed by atoms with van der Waals surface area (Å²) in [7, 11) is 0. The fourth-order valence-electron chi connectivity index (χ4n) is 3.45. The van der Waals surface area contributed by atoms with Gasteiger partial charge in [0.15, 0.2) is 0 Å². The Morgan fingerprint density at radius 3 is 2.50 bits per heavy atom. The average Bonchev–Trinajstić information content (AvgIpc) is 3.06. The van der Waals surface area contributed by atoms with Crippen LogP contribution < -0.4 is 21.3 Å². The highest BCUT2D eigenvalue weighted by atomic mass is 16.2. The van der Waals surface area contributed by atoms with Gasteiger partial charge in [-0.1, -0.05) is 6.42 Å². The van der Waals surface area contributed by atoms with E-state index in [-0.39, 0.29) is 23.8 Å². The van der Waals surface area contributed by atoms with E-state index in [2.05, 4.69) is 10.6 Å². The van der Waals surface area contributed by atoms with Crippen LogP contribution in [0.3, 0.4) is 0 Å². The molecule has 2 atom stereocenters. The maximum atomic E-state index is 12.4. The first-order chi connectivity index (χ1) is 11.6. The predicted octanol–water partition coefficient (Wildman–Crippen LogP) is 1.45. The van der Waals surface area contributed by atoms with E-state index in [1.54, 1.807) is 29.2 Å². The Hall–Kier alpha value is -2.57. The lowest BCUT2D eigenvalue weighted by Crippen LogP contribution is -2.46. The molecule has 2 aliphatic rings. The summed E-state index contributed by atoms with van der Waals surface area (Å²) in [5.74, 6) is -1.30. The van der Waals surface area contributed by atoms with E-state index < -0.39 is 5.91 Å². The van der Waals surface area contributed by atoms with Crippen molar-refractivity contribution in [2.45, 2.75) is 25.7 Å². The molecule has 0 radical (unpaired) electrons. The van der Waals surface area contributed by atoms with Crippen LogP contribution in [0.2, 0.25) is 0 Å². The standard InChI is InChI=1S/C17H22N4O3/c18-15(22)13-3-1-4-14(13)16(23)20-11-5-7-12(8-6-11)21-10-2-9-19-17(21)24/h5-8,13-14H,1-4,9-10H2,(H2,18,22)(H,19,24)(H,20,23). The summed E-state index contributed by atoms with van der Waals surface area (Å²) in [6.07, 6.45) is 3.11. The van der Waals surface area contributed by atoms with Crippen LogP contribution in [0.1, 0.15) is 25.7 Å². The number of urea groups is 1. The van der Waals surface area contributed by atoms with Crippen LogP contribution >= 0.6 is 0 Å². The zero-order valence-corrected chi connectivity index (χ0v) is 13.5. The van der Waals surface area contributed by atoms with Crippen LogP contribution in [-0.2, 0) is 9.59 Å². The van der Waals surface area contributed by atoms with E-state index in [9.17, 15) is 14.4 Å². The second kappa shape index (κ2) is 6.90. The Kier molecular flexibility index (Phi) is 4.69. The molecule has 3 rings (SSSR count). The topological polar surface area (TPSA) is 105 Å². The second-order valence-corrected chi connectivity index (χ2v) is 6.32. The van der Waals surface area contributed by atoms with Gasteiger partial charge in [0.2, 0.25) is 11.8 Å². The lowest BCUT2D eigenvalue weighted by molar-refractivity contribution is -0.129. The number of carbonyl (C=O) groups excluding carboxylic acids is 3. The Morgan fingerprint density at radius 1 is 1.12 bits per heavy atom. The quantitative estimate of drug-likeness (QED) is 0.778. The van der Waals surface area contributed by atoms with Gasteiger partial charge in [-0.25, -0.2) is 4.79 Å². The number of primary amides is 1. The van der Waals surface area contributed by atoms with E-state index >= 15 is 0 Å². The van der Waals surface area contributed by atoms with Gasteiger partial charge in [-0.05, 0) is 43.5 Å². The Bertz CT molecular complexity index is 644. The molecule has 1 aromatic rings. The normalized spacial score (nSPS) is 23.7. The van der Waals surface area contributed by atoms with Crippen molar-refractivity contribution in [3.05, 3.63) is 24.3 Å². The van der Waals surface area contributed by atoms with Crippen LogP contribution in [0.25, 0.3) is 0 Å². The fraction of sp³-hybridized carbons (Fsp3) is 0.471. The number of carbonyl (C=O) groups is 3. The molecule has 7 heteroatoms. The molecule has 0 bridgehead atoms. The summed E-state index contributed by atoms with van der Waals surface area (Å²) in [5, 5.41) is 5.65. The highest BCUT2D eigenvalue weighted by Crippen LogP contribution is 2.32. The first-order valence-electron chi connectivity index (χ1n) is 8.32. The molecule has 4 N–H and O–H groups in total. The third-order valence-electron chi connectivity index (χ3n) is 4.74. The van der Waals surface area contributed by atoms with Crippen molar-refractivity contribution in [3.63, 3.8) is 0 Å². The summed E-state index contributed by atoms with van der Waals surface area (Å²) in [6, 6.07) is 7.04. The SMILES string of the molecule is NC(=O)C1CCCC1C(=O)Nc1ccc(N2CCCNC2=O)cc1. The Morgan fingerprint density at radius 2 is 1.83 bits per heavy atom. The lowest BCUT2D eigenvalue weighted by Gasteiger charge is -2.27. The third-order valence-corrected chi connectivity index (χ3v) is 4.74. The molecule has 4 amide bonds. The number of rotatable bonds is 4. The highest BCUT2D eigenvalue weighted by molar-refractivity contribution is 5.97. The van der Waals surface area contributed by atoms with Crippen molar-refractivity contribution < 1.29 is 14.4 Å². The van der Waals surface area contributed by atoms with E-state index in [0.29, 0.717) is 31.6 Å². The van der Waals surface area contributed by atoms with Crippen LogP contribution in [-0.4, -0.2) is 30.9 Å². The summed E-state index contributed by atoms with van der Waals surface area (Å²) >= 11 is 0. The summed E-state index contributed by atoms with van der Waals surface area (Å²) in [6.45, 7) is 1.38. The molecule has 1 aliphatic carbocycles. The zero-order valence-electron chi connectivity index (χ0n) is 13.5. The van der Waals surface area contributed by atoms with Gasteiger partial charge in [0.05, 0.1) is 0 Å². The lowest BCUT2D eigenvalue weighted by atomic mass is 9.94. The monoisotopic (exact) mass is 330 g/mol. The van der Waals surface area contributed by atoms with Gasteiger partial charge < -0.3 is 16.4 Å². The van der Waals surface area contributed by atoms with Crippen molar-refractivity contribution in [2.75, 3.05) is 23.3 Å². The highest BCUT2D eigenvalue weighted by Gasteiger charge is 2.36. The van der Waals surface area contributed by atoms with E-state index in [0.717, 1.165) is 18.5 Å². The van der Waals surface area contributed by atoms with Crippen molar-refractivity contribution in [1.82, 2.24) is 5.32 Å². The zero-order chi connectivity index (χ0) is 17.1. The Labute approximate surface area is 140 Å². The Balaban J connectivity index is 1.64. The van der Waals surface area contributed by atoms with Crippen molar-refractivity contribution in [1.29, 1.82) is 0 Å². The van der Waals surface area contributed by atoms with Gasteiger partial charge in [0.25, 0.3) is 0 Å². The van der Waals surface area contributed by atoms with Gasteiger partial charge in [0, 0.05) is 36.3 Å². The molecule has 1 saturated carbocycles. The van der Waals surface area contributed by atoms with Crippen LogP contribution in [0, 0.1) is 11.8 Å². The summed E-state index contributed by atoms with van der Waals surface area (Å²) < 4.78 is 0. The van der Waals surface area contributed by atoms with Gasteiger partial charge in [-0.15, -0.1) is 0 Å². The molecule has 1 heterocycles. The molecule has 2 fully saturated rings. The van der Waals surface area contributed by atoms with Crippen molar-refractivity contribution >= 4 is 29.2 Å². The first-order valence-corrected chi connectivity index (χ1v) is 8.32. The minimum absolute atomic E-state index is 0.103. The van der Waals surface area contributed by atoms with Crippen LogP contribution in [0.15, 0.2) is 24.3 Å². The first kappa shape index (κ1) is 16.3. The van der Waals surface area contributed by atoms with Gasteiger partial charge in [0.1, 0.15) is 0 Å². The largest absolute Gasteiger partial charge is 0.369 e. The minimum atomic E-state index is -0.404. The van der Waals surface area contributed by atoms with Gasteiger partial charge >= 0.3 is 6.03 Å². The average molecular weight is 330 g/mol. The van der Waals surface area contributed by atoms with Gasteiger partial charge in [-0.2, -0.15) is 0 Å². The number of benzene rings is 1. The molecule has 1 saturated heterocycles. The van der Waals surface area contributed by atoms with E-state index in [4.69, 9.17) is 5.73 Å². The number of nitrogens with zero attached hydrogens (tertiary/aromatic N) is 1. The maximum absolute atomic E-state index is 12.4. The molecule has 24 heavy (non-hydrogen) atoms. The smallest absolute Gasteiger partial charge is 0.321 e. The van der Waals surface area contributed by atoms with Gasteiger partial charge in [-0.3, -0.25) is 14.5 Å². The predicted molar refractivity (Wildman–Crippen MR) is 90.5 cm³/mol.